The van der Waals surface area contributed by atoms with E-state index in [1.807, 2.05) is 48.5 Å². The molecule has 1 amide bonds. The number of aromatic nitrogens is 5. The Bertz CT molecular complexity index is 1210. The van der Waals surface area contributed by atoms with Gasteiger partial charge in [0.1, 0.15) is 11.5 Å². The fourth-order valence-corrected chi connectivity index (χ4v) is 3.88. The molecule has 2 aromatic carbocycles. The maximum Gasteiger partial charge on any atom is 0.274 e. The molecule has 0 aliphatic rings. The number of thioether (sulfide) groups is 1. The second-order valence-electron chi connectivity index (χ2n) is 6.85. The summed E-state index contributed by atoms with van der Waals surface area (Å²) in [5.74, 6) is 1.54. The number of carbonyl (C=O) groups is 1. The summed E-state index contributed by atoms with van der Waals surface area (Å²) in [5, 5.41) is 11.9. The minimum Gasteiger partial charge on any atom is -0.497 e. The molecule has 0 aliphatic heterocycles. The number of nitrogens with zero attached hydrogens (tertiary/aromatic N) is 5. The zero-order valence-electron chi connectivity index (χ0n) is 18.1. The summed E-state index contributed by atoms with van der Waals surface area (Å²) < 4.78 is 12.1. The Kier molecular flexibility index (Phi) is 7.16. The number of amides is 1. The van der Waals surface area contributed by atoms with Gasteiger partial charge in [-0.3, -0.25) is 4.79 Å². The lowest BCUT2D eigenvalue weighted by atomic mass is 10.2. The van der Waals surface area contributed by atoms with E-state index in [0.29, 0.717) is 23.1 Å². The SMILES string of the molecule is COc1ccc(-n2nnc(C(=O)NCc3cccc(OC)c3)c2CSc2ncccn2)cc1. The van der Waals surface area contributed by atoms with Crippen molar-refractivity contribution in [2.45, 2.75) is 17.5 Å². The van der Waals surface area contributed by atoms with Crippen molar-refractivity contribution in [3.8, 4) is 17.2 Å². The van der Waals surface area contributed by atoms with E-state index < -0.39 is 0 Å². The van der Waals surface area contributed by atoms with Crippen LogP contribution in [-0.2, 0) is 12.3 Å². The van der Waals surface area contributed by atoms with Crippen LogP contribution in [-0.4, -0.2) is 45.1 Å². The van der Waals surface area contributed by atoms with Gasteiger partial charge in [0.05, 0.1) is 25.6 Å². The van der Waals surface area contributed by atoms with Crippen molar-refractivity contribution in [1.29, 1.82) is 0 Å². The van der Waals surface area contributed by atoms with Gasteiger partial charge in [0.2, 0.25) is 0 Å². The van der Waals surface area contributed by atoms with E-state index in [1.165, 1.54) is 11.8 Å². The number of hydrogen-bond acceptors (Lipinski definition) is 8. The summed E-state index contributed by atoms with van der Waals surface area (Å²) in [7, 11) is 3.22. The van der Waals surface area contributed by atoms with Gasteiger partial charge in [-0.05, 0) is 48.0 Å². The van der Waals surface area contributed by atoms with Gasteiger partial charge >= 0.3 is 0 Å². The van der Waals surface area contributed by atoms with Crippen molar-refractivity contribution in [2.24, 2.45) is 0 Å². The van der Waals surface area contributed by atoms with Crippen LogP contribution < -0.4 is 14.8 Å². The summed E-state index contributed by atoms with van der Waals surface area (Å²) in [4.78, 5) is 21.5. The third-order valence-corrected chi connectivity index (χ3v) is 5.65. The van der Waals surface area contributed by atoms with E-state index in [9.17, 15) is 4.79 Å². The van der Waals surface area contributed by atoms with Gasteiger partial charge in [-0.1, -0.05) is 29.1 Å². The molecular weight excluding hydrogens is 440 g/mol. The molecule has 0 fully saturated rings. The topological polar surface area (TPSA) is 104 Å². The molecule has 0 saturated heterocycles. The van der Waals surface area contributed by atoms with Crippen LogP contribution in [0.1, 0.15) is 21.7 Å². The summed E-state index contributed by atoms with van der Waals surface area (Å²) in [6, 6.07) is 16.7. The van der Waals surface area contributed by atoms with Gasteiger partial charge in [0.15, 0.2) is 10.9 Å². The monoisotopic (exact) mass is 462 g/mol. The molecular formula is C23H22N6O3S. The number of benzene rings is 2. The lowest BCUT2D eigenvalue weighted by molar-refractivity contribution is 0.0945. The molecule has 0 spiro atoms. The predicted octanol–water partition coefficient (Wildman–Crippen LogP) is 3.30. The second kappa shape index (κ2) is 10.6. The van der Waals surface area contributed by atoms with Crippen LogP contribution in [0.3, 0.4) is 0 Å². The Balaban J connectivity index is 1.58. The summed E-state index contributed by atoms with van der Waals surface area (Å²) in [6.07, 6.45) is 3.35. The van der Waals surface area contributed by atoms with E-state index in [2.05, 4.69) is 25.6 Å². The van der Waals surface area contributed by atoms with Crippen LogP contribution >= 0.6 is 11.8 Å². The van der Waals surface area contributed by atoms with Gasteiger partial charge in [-0.25, -0.2) is 14.6 Å². The Morgan fingerprint density at radius 2 is 1.76 bits per heavy atom. The summed E-state index contributed by atoms with van der Waals surface area (Å²) in [5.41, 5.74) is 2.57. The molecule has 0 saturated carbocycles. The largest absolute Gasteiger partial charge is 0.497 e. The number of nitrogens with one attached hydrogen (secondary N) is 1. The minimum absolute atomic E-state index is 0.247. The second-order valence-corrected chi connectivity index (χ2v) is 7.79. The highest BCUT2D eigenvalue weighted by molar-refractivity contribution is 7.98. The molecule has 2 aromatic heterocycles. The first kappa shape index (κ1) is 22.3. The highest BCUT2D eigenvalue weighted by Gasteiger charge is 2.21. The van der Waals surface area contributed by atoms with Crippen LogP contribution in [0.15, 0.2) is 72.1 Å². The maximum atomic E-state index is 13.0. The van der Waals surface area contributed by atoms with Crippen molar-refractivity contribution in [1.82, 2.24) is 30.3 Å². The zero-order chi connectivity index (χ0) is 23.0. The number of methoxy groups -OCH3 is 2. The zero-order valence-corrected chi connectivity index (χ0v) is 19.0. The van der Waals surface area contributed by atoms with Crippen LogP contribution in [0, 0.1) is 0 Å². The molecule has 0 radical (unpaired) electrons. The molecule has 0 unspecified atom stereocenters. The van der Waals surface area contributed by atoms with Gasteiger partial charge in [-0.2, -0.15) is 0 Å². The first-order chi connectivity index (χ1) is 16.2. The van der Waals surface area contributed by atoms with E-state index in [0.717, 1.165) is 22.7 Å². The molecule has 2 heterocycles. The van der Waals surface area contributed by atoms with Gasteiger partial charge in [0, 0.05) is 24.7 Å². The first-order valence-corrected chi connectivity index (χ1v) is 11.1. The number of carbonyl (C=O) groups excluding carboxylic acids is 1. The molecule has 10 heteroatoms. The highest BCUT2D eigenvalue weighted by atomic mass is 32.2. The molecule has 9 nitrogen and oxygen atoms in total. The Morgan fingerprint density at radius 1 is 1.00 bits per heavy atom. The average Bonchev–Trinajstić information content (AvgIpc) is 3.31. The highest BCUT2D eigenvalue weighted by Crippen LogP contribution is 2.24. The summed E-state index contributed by atoms with van der Waals surface area (Å²) in [6.45, 7) is 0.333. The van der Waals surface area contributed by atoms with Gasteiger partial charge in [0.25, 0.3) is 5.91 Å². The molecule has 4 aromatic rings. The molecule has 0 bridgehead atoms. The van der Waals surface area contributed by atoms with Gasteiger partial charge < -0.3 is 14.8 Å². The fraction of sp³-hybridized carbons (Fsp3) is 0.174. The number of ether oxygens (including phenoxy) is 2. The standard InChI is InChI=1S/C23H22N6O3S/c1-31-18-9-7-17(8-10-18)29-20(15-33-23-24-11-4-12-25-23)21(27-28-29)22(30)26-14-16-5-3-6-19(13-16)32-2/h3-13H,14-15H2,1-2H3,(H,26,30). The van der Waals surface area contributed by atoms with E-state index >= 15 is 0 Å². The first-order valence-electron chi connectivity index (χ1n) is 10.1. The van der Waals surface area contributed by atoms with Crippen molar-refractivity contribution < 1.29 is 14.3 Å². The van der Waals surface area contributed by atoms with Crippen molar-refractivity contribution in [3.63, 3.8) is 0 Å². The summed E-state index contributed by atoms with van der Waals surface area (Å²) >= 11 is 1.40. The van der Waals surface area contributed by atoms with Gasteiger partial charge in [-0.15, -0.1) is 5.10 Å². The molecule has 1 N–H and O–H groups in total. The number of rotatable bonds is 9. The molecule has 0 aliphatic carbocycles. The lowest BCUT2D eigenvalue weighted by Crippen LogP contribution is -2.24. The van der Waals surface area contributed by atoms with E-state index in [-0.39, 0.29) is 11.6 Å². The predicted molar refractivity (Wildman–Crippen MR) is 124 cm³/mol. The third-order valence-electron chi connectivity index (χ3n) is 4.76. The molecule has 0 atom stereocenters. The molecule has 33 heavy (non-hydrogen) atoms. The molecule has 4 rings (SSSR count). The van der Waals surface area contributed by atoms with Crippen molar-refractivity contribution in [2.75, 3.05) is 14.2 Å². The average molecular weight is 463 g/mol. The third kappa shape index (κ3) is 5.47. The Morgan fingerprint density at radius 3 is 2.48 bits per heavy atom. The van der Waals surface area contributed by atoms with Crippen LogP contribution in [0.4, 0.5) is 0 Å². The molecule has 168 valence electrons. The normalized spacial score (nSPS) is 10.6. The van der Waals surface area contributed by atoms with Crippen LogP contribution in [0.25, 0.3) is 5.69 Å². The number of hydrogen-bond donors (Lipinski definition) is 1. The smallest absolute Gasteiger partial charge is 0.274 e. The van der Waals surface area contributed by atoms with E-state index in [4.69, 9.17) is 9.47 Å². The van der Waals surface area contributed by atoms with Crippen LogP contribution in [0.5, 0.6) is 11.5 Å². The maximum absolute atomic E-state index is 13.0. The quantitative estimate of drug-likeness (QED) is 0.298. The Hall–Kier alpha value is -3.92. The fourth-order valence-electron chi connectivity index (χ4n) is 3.08. The van der Waals surface area contributed by atoms with Crippen LogP contribution in [0.2, 0.25) is 0 Å². The van der Waals surface area contributed by atoms with E-state index in [1.54, 1.807) is 37.4 Å². The Labute approximate surface area is 195 Å². The van der Waals surface area contributed by atoms with Crippen molar-refractivity contribution >= 4 is 17.7 Å². The lowest BCUT2D eigenvalue weighted by Gasteiger charge is -2.09. The van der Waals surface area contributed by atoms with Crippen molar-refractivity contribution in [3.05, 3.63) is 83.9 Å². The minimum atomic E-state index is -0.317.